The maximum atomic E-state index is 13.6. The lowest BCUT2D eigenvalue weighted by atomic mass is 9.98. The third-order valence-electron chi connectivity index (χ3n) is 7.98. The molecule has 3 aromatic carbocycles. The van der Waals surface area contributed by atoms with Crippen LogP contribution in [-0.2, 0) is 6.54 Å². The first-order valence-corrected chi connectivity index (χ1v) is 13.6. The molecule has 39 heavy (non-hydrogen) atoms. The van der Waals surface area contributed by atoms with Gasteiger partial charge < -0.3 is 20.0 Å². The van der Waals surface area contributed by atoms with Gasteiger partial charge in [0.15, 0.2) is 0 Å². The van der Waals surface area contributed by atoms with Crippen molar-refractivity contribution in [2.24, 2.45) is 0 Å². The Hall–Kier alpha value is -4.33. The topological polar surface area (TPSA) is 86.4 Å². The molecule has 198 valence electrons. The smallest absolute Gasteiger partial charge is 0.254 e. The molecule has 0 aliphatic carbocycles. The summed E-state index contributed by atoms with van der Waals surface area (Å²) in [6.45, 7) is 9.25. The van der Waals surface area contributed by atoms with E-state index in [4.69, 9.17) is 0 Å². The number of nitrogens with zero attached hydrogens (tertiary/aromatic N) is 5. The van der Waals surface area contributed by atoms with Crippen LogP contribution in [0.4, 0.5) is 11.4 Å². The second-order valence-corrected chi connectivity index (χ2v) is 10.4. The van der Waals surface area contributed by atoms with Crippen LogP contribution < -0.4 is 15.1 Å². The lowest BCUT2D eigenvalue weighted by Crippen LogP contribution is -2.49. The standard InChI is InChI=1S/C32H34N6O/c1-23-17-24(2)29(32(39)37-15-13-36(14-16-37)30-9-5-3-7-25(30)19-33)18-27(23)21-35-28-11-12-38(22-28)31-10-6-4-8-26(31)20-34/h3-10,17-18,28,35H,11-16,21-22H2,1-2H3. The van der Waals surface area contributed by atoms with E-state index in [1.165, 1.54) is 5.56 Å². The maximum Gasteiger partial charge on any atom is 0.254 e. The number of aryl methyl sites for hydroxylation is 2. The second-order valence-electron chi connectivity index (χ2n) is 10.4. The van der Waals surface area contributed by atoms with Gasteiger partial charge in [-0.1, -0.05) is 30.3 Å². The predicted molar refractivity (Wildman–Crippen MR) is 154 cm³/mol. The summed E-state index contributed by atoms with van der Waals surface area (Å²) in [5.41, 5.74) is 7.40. The summed E-state index contributed by atoms with van der Waals surface area (Å²) in [4.78, 5) is 20.0. The van der Waals surface area contributed by atoms with Crippen molar-refractivity contribution in [2.45, 2.75) is 32.9 Å². The molecule has 1 N–H and O–H groups in total. The number of nitriles is 2. The number of nitrogens with one attached hydrogen (secondary N) is 1. The van der Waals surface area contributed by atoms with Crippen LogP contribution in [-0.4, -0.2) is 56.1 Å². The average Bonchev–Trinajstić information content (AvgIpc) is 3.45. The van der Waals surface area contributed by atoms with Crippen molar-refractivity contribution in [2.75, 3.05) is 49.1 Å². The maximum absolute atomic E-state index is 13.6. The highest BCUT2D eigenvalue weighted by molar-refractivity contribution is 5.96. The van der Waals surface area contributed by atoms with Crippen molar-refractivity contribution >= 4 is 17.3 Å². The molecule has 3 aromatic rings. The number of piperazine rings is 1. The fourth-order valence-electron chi connectivity index (χ4n) is 5.73. The Balaban J connectivity index is 1.22. The van der Waals surface area contributed by atoms with E-state index in [0.717, 1.165) is 47.6 Å². The van der Waals surface area contributed by atoms with Crippen LogP contribution in [0.25, 0.3) is 0 Å². The lowest BCUT2D eigenvalue weighted by Gasteiger charge is -2.36. The van der Waals surface area contributed by atoms with Crippen LogP contribution in [0.15, 0.2) is 60.7 Å². The number of amides is 1. The minimum Gasteiger partial charge on any atom is -0.369 e. The van der Waals surface area contributed by atoms with Crippen molar-refractivity contribution in [1.29, 1.82) is 10.5 Å². The molecule has 7 nitrogen and oxygen atoms in total. The first-order valence-electron chi connectivity index (χ1n) is 13.6. The van der Waals surface area contributed by atoms with Gasteiger partial charge in [-0.2, -0.15) is 10.5 Å². The third-order valence-corrected chi connectivity index (χ3v) is 7.98. The van der Waals surface area contributed by atoms with E-state index in [1.807, 2.05) is 60.4 Å². The summed E-state index contributed by atoms with van der Waals surface area (Å²) in [6, 6.07) is 24.5. The second kappa shape index (κ2) is 11.6. The largest absolute Gasteiger partial charge is 0.369 e. The molecule has 2 aliphatic rings. The average molecular weight is 519 g/mol. The molecule has 7 heteroatoms. The molecule has 0 saturated carbocycles. The Morgan fingerprint density at radius 1 is 0.846 bits per heavy atom. The van der Waals surface area contributed by atoms with Crippen molar-refractivity contribution in [1.82, 2.24) is 10.2 Å². The molecule has 1 amide bonds. The van der Waals surface area contributed by atoms with Crippen LogP contribution in [0, 0.1) is 36.5 Å². The van der Waals surface area contributed by atoms with Crippen LogP contribution in [0.2, 0.25) is 0 Å². The van der Waals surface area contributed by atoms with Gasteiger partial charge >= 0.3 is 0 Å². The van der Waals surface area contributed by atoms with E-state index in [-0.39, 0.29) is 5.91 Å². The molecule has 2 saturated heterocycles. The van der Waals surface area contributed by atoms with Gasteiger partial charge in [0.2, 0.25) is 0 Å². The highest BCUT2D eigenvalue weighted by atomic mass is 16.2. The molecular formula is C32H34N6O. The van der Waals surface area contributed by atoms with Gasteiger partial charge in [0.25, 0.3) is 5.91 Å². The first-order chi connectivity index (χ1) is 19.0. The first kappa shape index (κ1) is 26.3. The van der Waals surface area contributed by atoms with Gasteiger partial charge in [0.1, 0.15) is 12.1 Å². The van der Waals surface area contributed by atoms with Gasteiger partial charge in [0, 0.05) is 57.4 Å². The zero-order chi connectivity index (χ0) is 27.4. The van der Waals surface area contributed by atoms with Crippen LogP contribution in [0.3, 0.4) is 0 Å². The molecule has 2 heterocycles. The Bertz CT molecular complexity index is 1440. The molecule has 5 rings (SSSR count). The third kappa shape index (κ3) is 5.60. The van der Waals surface area contributed by atoms with E-state index in [2.05, 4.69) is 46.3 Å². The van der Waals surface area contributed by atoms with Gasteiger partial charge in [-0.25, -0.2) is 0 Å². The van der Waals surface area contributed by atoms with E-state index in [9.17, 15) is 15.3 Å². The van der Waals surface area contributed by atoms with Gasteiger partial charge in [-0.15, -0.1) is 0 Å². The molecule has 0 radical (unpaired) electrons. The molecule has 0 spiro atoms. The van der Waals surface area contributed by atoms with Crippen molar-refractivity contribution < 1.29 is 4.79 Å². The van der Waals surface area contributed by atoms with Crippen molar-refractivity contribution in [3.63, 3.8) is 0 Å². The highest BCUT2D eigenvalue weighted by Crippen LogP contribution is 2.26. The van der Waals surface area contributed by atoms with E-state index >= 15 is 0 Å². The van der Waals surface area contributed by atoms with E-state index < -0.39 is 0 Å². The minimum absolute atomic E-state index is 0.0714. The van der Waals surface area contributed by atoms with E-state index in [1.54, 1.807) is 0 Å². The number of carbonyl (C=O) groups excluding carboxylic acids is 1. The zero-order valence-corrected chi connectivity index (χ0v) is 22.7. The summed E-state index contributed by atoms with van der Waals surface area (Å²) in [6.07, 6.45) is 1.01. The van der Waals surface area contributed by atoms with Gasteiger partial charge in [0.05, 0.1) is 22.5 Å². The van der Waals surface area contributed by atoms with Gasteiger partial charge in [-0.3, -0.25) is 4.79 Å². The summed E-state index contributed by atoms with van der Waals surface area (Å²) >= 11 is 0. The van der Waals surface area contributed by atoms with Crippen LogP contribution in [0.1, 0.15) is 44.6 Å². The monoisotopic (exact) mass is 518 g/mol. The molecule has 0 bridgehead atoms. The molecule has 2 fully saturated rings. The number of benzene rings is 3. The van der Waals surface area contributed by atoms with E-state index in [0.29, 0.717) is 49.9 Å². The Morgan fingerprint density at radius 3 is 2.10 bits per heavy atom. The highest BCUT2D eigenvalue weighted by Gasteiger charge is 2.26. The minimum atomic E-state index is 0.0714. The molecule has 0 aromatic heterocycles. The van der Waals surface area contributed by atoms with Crippen LogP contribution in [0.5, 0.6) is 0 Å². The molecule has 1 atom stereocenters. The van der Waals surface area contributed by atoms with Crippen molar-refractivity contribution in [3.05, 3.63) is 94.0 Å². The number of para-hydroxylation sites is 2. The Kier molecular flexibility index (Phi) is 7.81. The Labute approximate surface area is 230 Å². The summed E-state index contributed by atoms with van der Waals surface area (Å²) in [7, 11) is 0. The SMILES string of the molecule is Cc1cc(C)c(C(=O)N2CCN(c3ccccc3C#N)CC2)cc1CNC1CCN(c2ccccc2C#N)C1. The zero-order valence-electron chi connectivity index (χ0n) is 22.7. The number of hydrogen-bond acceptors (Lipinski definition) is 6. The summed E-state index contributed by atoms with van der Waals surface area (Å²) < 4.78 is 0. The lowest BCUT2D eigenvalue weighted by molar-refractivity contribution is 0.0746. The number of anilines is 2. The number of hydrogen-bond donors (Lipinski definition) is 1. The Morgan fingerprint density at radius 2 is 1.46 bits per heavy atom. The predicted octanol–water partition coefficient (Wildman–Crippen LogP) is 4.38. The fraction of sp³-hybridized carbons (Fsp3) is 0.344. The quantitative estimate of drug-likeness (QED) is 0.521. The fourth-order valence-corrected chi connectivity index (χ4v) is 5.73. The normalized spacial score (nSPS) is 17.1. The summed E-state index contributed by atoms with van der Waals surface area (Å²) in [5.74, 6) is 0.0714. The van der Waals surface area contributed by atoms with Crippen molar-refractivity contribution in [3.8, 4) is 12.1 Å². The summed E-state index contributed by atoms with van der Waals surface area (Å²) in [5, 5.41) is 22.6. The van der Waals surface area contributed by atoms with Crippen LogP contribution >= 0.6 is 0 Å². The molecule has 1 unspecified atom stereocenters. The molecular weight excluding hydrogens is 484 g/mol. The number of rotatable bonds is 6. The van der Waals surface area contributed by atoms with Gasteiger partial charge in [-0.05, 0) is 67.3 Å². The molecule has 2 aliphatic heterocycles. The number of carbonyl (C=O) groups is 1.